The minimum atomic E-state index is -0.0315. The summed E-state index contributed by atoms with van der Waals surface area (Å²) >= 11 is 2.98. The lowest BCUT2D eigenvalue weighted by molar-refractivity contribution is -0.127. The molecule has 27 heavy (non-hydrogen) atoms. The van der Waals surface area contributed by atoms with Crippen molar-refractivity contribution in [2.75, 3.05) is 12.8 Å². The lowest BCUT2D eigenvalue weighted by atomic mass is 10.2. The van der Waals surface area contributed by atoms with E-state index in [9.17, 15) is 9.59 Å². The second-order valence-corrected chi connectivity index (χ2v) is 8.31. The van der Waals surface area contributed by atoms with Gasteiger partial charge in [-0.15, -0.1) is 11.3 Å². The molecule has 0 radical (unpaired) electrons. The predicted octanol–water partition coefficient (Wildman–Crippen LogP) is 4.01. The van der Waals surface area contributed by atoms with Gasteiger partial charge in [0.1, 0.15) is 0 Å². The van der Waals surface area contributed by atoms with Crippen molar-refractivity contribution in [2.45, 2.75) is 38.0 Å². The third-order valence-corrected chi connectivity index (χ3v) is 6.11. The standard InChI is InChI=1S/C20H23N3O2S2/c1-3-4-11-23-19(25)16-9-5-6-10-17(16)21-20(23)27-14-18(24)22(2)13-15-8-7-12-26-15/h5-10,12H,3-4,11,13-14H2,1-2H3. The molecule has 1 aromatic carbocycles. The molecule has 0 aliphatic carbocycles. The van der Waals surface area contributed by atoms with Gasteiger partial charge in [0.15, 0.2) is 5.16 Å². The fraction of sp³-hybridized carbons (Fsp3) is 0.350. The number of hydrogen-bond acceptors (Lipinski definition) is 5. The molecule has 1 amide bonds. The van der Waals surface area contributed by atoms with Crippen LogP contribution in [0.25, 0.3) is 10.9 Å². The summed E-state index contributed by atoms with van der Waals surface area (Å²) in [6.45, 7) is 3.31. The first-order valence-electron chi connectivity index (χ1n) is 8.99. The third kappa shape index (κ3) is 4.78. The van der Waals surface area contributed by atoms with Crippen molar-refractivity contribution in [1.29, 1.82) is 0 Å². The van der Waals surface area contributed by atoms with Crippen LogP contribution in [-0.2, 0) is 17.9 Å². The highest BCUT2D eigenvalue weighted by Crippen LogP contribution is 2.19. The maximum absolute atomic E-state index is 12.9. The van der Waals surface area contributed by atoms with Crippen molar-refractivity contribution in [2.24, 2.45) is 0 Å². The fourth-order valence-electron chi connectivity index (χ4n) is 2.73. The van der Waals surface area contributed by atoms with E-state index in [2.05, 4.69) is 11.9 Å². The van der Waals surface area contributed by atoms with Crippen molar-refractivity contribution >= 4 is 39.9 Å². The van der Waals surface area contributed by atoms with E-state index < -0.39 is 0 Å². The Morgan fingerprint density at radius 3 is 2.81 bits per heavy atom. The van der Waals surface area contributed by atoms with Gasteiger partial charge < -0.3 is 4.90 Å². The fourth-order valence-corrected chi connectivity index (χ4v) is 4.46. The van der Waals surface area contributed by atoms with Crippen molar-refractivity contribution in [3.63, 3.8) is 0 Å². The van der Waals surface area contributed by atoms with Gasteiger partial charge in [-0.05, 0) is 30.0 Å². The molecular formula is C20H23N3O2S2. The van der Waals surface area contributed by atoms with Crippen LogP contribution in [0, 0.1) is 0 Å². The van der Waals surface area contributed by atoms with Crippen LogP contribution in [0.1, 0.15) is 24.6 Å². The molecule has 3 aromatic rings. The molecule has 0 aliphatic rings. The maximum Gasteiger partial charge on any atom is 0.262 e. The molecule has 0 spiro atoms. The molecule has 2 heterocycles. The molecular weight excluding hydrogens is 378 g/mol. The summed E-state index contributed by atoms with van der Waals surface area (Å²) in [5, 5.41) is 3.25. The first-order chi connectivity index (χ1) is 13.1. The van der Waals surface area contributed by atoms with Crippen molar-refractivity contribution in [1.82, 2.24) is 14.5 Å². The monoisotopic (exact) mass is 401 g/mol. The van der Waals surface area contributed by atoms with E-state index in [0.717, 1.165) is 17.7 Å². The zero-order valence-corrected chi connectivity index (χ0v) is 17.2. The maximum atomic E-state index is 12.9. The zero-order valence-electron chi connectivity index (χ0n) is 15.6. The number of aromatic nitrogens is 2. The van der Waals surface area contributed by atoms with Crippen LogP contribution in [0.4, 0.5) is 0 Å². The lowest BCUT2D eigenvalue weighted by Gasteiger charge is -2.17. The zero-order chi connectivity index (χ0) is 19.2. The molecule has 0 N–H and O–H groups in total. The average Bonchev–Trinajstić information content (AvgIpc) is 3.18. The smallest absolute Gasteiger partial charge is 0.262 e. The molecule has 0 bridgehead atoms. The van der Waals surface area contributed by atoms with Gasteiger partial charge in [-0.1, -0.05) is 43.3 Å². The summed E-state index contributed by atoms with van der Waals surface area (Å²) in [6.07, 6.45) is 1.89. The van der Waals surface area contributed by atoms with E-state index in [1.807, 2.05) is 41.8 Å². The van der Waals surface area contributed by atoms with E-state index >= 15 is 0 Å². The summed E-state index contributed by atoms with van der Waals surface area (Å²) in [6, 6.07) is 11.4. The Morgan fingerprint density at radius 1 is 1.26 bits per heavy atom. The number of thioether (sulfide) groups is 1. The molecule has 0 aliphatic heterocycles. The van der Waals surface area contributed by atoms with Crippen molar-refractivity contribution in [3.8, 4) is 0 Å². The van der Waals surface area contributed by atoms with Gasteiger partial charge in [-0.25, -0.2) is 4.98 Å². The van der Waals surface area contributed by atoms with Gasteiger partial charge >= 0.3 is 0 Å². The quantitative estimate of drug-likeness (QED) is 0.423. The molecule has 0 saturated heterocycles. The molecule has 142 valence electrons. The van der Waals surface area contributed by atoms with Crippen LogP contribution in [0.3, 0.4) is 0 Å². The number of carbonyl (C=O) groups is 1. The van der Waals surface area contributed by atoms with E-state index in [-0.39, 0.29) is 17.2 Å². The number of unbranched alkanes of at least 4 members (excludes halogenated alkanes) is 1. The number of amides is 1. The molecule has 0 atom stereocenters. The Hall–Kier alpha value is -2.12. The minimum Gasteiger partial charge on any atom is -0.340 e. The van der Waals surface area contributed by atoms with Crippen LogP contribution in [-0.4, -0.2) is 33.2 Å². The lowest BCUT2D eigenvalue weighted by Crippen LogP contribution is -2.28. The molecule has 7 heteroatoms. The van der Waals surface area contributed by atoms with Crippen molar-refractivity contribution in [3.05, 3.63) is 57.0 Å². The summed E-state index contributed by atoms with van der Waals surface area (Å²) < 4.78 is 1.71. The first-order valence-corrected chi connectivity index (χ1v) is 10.9. The number of carbonyl (C=O) groups excluding carboxylic acids is 1. The van der Waals surface area contributed by atoms with E-state index in [4.69, 9.17) is 0 Å². The summed E-state index contributed by atoms with van der Waals surface area (Å²) in [7, 11) is 1.81. The van der Waals surface area contributed by atoms with Crippen LogP contribution in [0.2, 0.25) is 0 Å². The Kier molecular flexibility index (Phi) is 6.68. The average molecular weight is 402 g/mol. The van der Waals surface area contributed by atoms with E-state index in [0.29, 0.717) is 29.1 Å². The number of benzene rings is 1. The van der Waals surface area contributed by atoms with Crippen LogP contribution in [0.5, 0.6) is 0 Å². The number of thiophene rings is 1. The summed E-state index contributed by atoms with van der Waals surface area (Å²) in [5.74, 6) is 0.288. The summed E-state index contributed by atoms with van der Waals surface area (Å²) in [4.78, 5) is 32.9. The van der Waals surface area contributed by atoms with Gasteiger partial charge in [-0.2, -0.15) is 0 Å². The number of nitrogens with zero attached hydrogens (tertiary/aromatic N) is 3. The largest absolute Gasteiger partial charge is 0.340 e. The normalized spacial score (nSPS) is 11.0. The Labute approximate surface area is 167 Å². The third-order valence-electron chi connectivity index (χ3n) is 4.29. The Morgan fingerprint density at radius 2 is 2.07 bits per heavy atom. The van der Waals surface area contributed by atoms with Gasteiger partial charge in [-0.3, -0.25) is 14.2 Å². The Bertz CT molecular complexity index is 967. The highest BCUT2D eigenvalue weighted by atomic mass is 32.2. The number of fused-ring (bicyclic) bond motifs is 1. The van der Waals surface area contributed by atoms with Gasteiger partial charge in [0.05, 0.1) is 23.2 Å². The highest BCUT2D eigenvalue weighted by molar-refractivity contribution is 7.99. The van der Waals surface area contributed by atoms with Gasteiger partial charge in [0.25, 0.3) is 5.56 Å². The van der Waals surface area contributed by atoms with Gasteiger partial charge in [0.2, 0.25) is 5.91 Å². The molecule has 0 fully saturated rings. The van der Waals surface area contributed by atoms with Crippen LogP contribution < -0.4 is 5.56 Å². The van der Waals surface area contributed by atoms with Crippen LogP contribution in [0.15, 0.2) is 51.7 Å². The van der Waals surface area contributed by atoms with Crippen molar-refractivity contribution < 1.29 is 4.79 Å². The first kappa shape index (κ1) is 19.6. The molecule has 2 aromatic heterocycles. The predicted molar refractivity (Wildman–Crippen MR) is 112 cm³/mol. The Balaban J connectivity index is 1.78. The van der Waals surface area contributed by atoms with Crippen LogP contribution >= 0.6 is 23.1 Å². The number of rotatable bonds is 8. The topological polar surface area (TPSA) is 55.2 Å². The molecule has 3 rings (SSSR count). The molecule has 5 nitrogen and oxygen atoms in total. The van der Waals surface area contributed by atoms with E-state index in [1.165, 1.54) is 11.8 Å². The second kappa shape index (κ2) is 9.19. The molecule has 0 saturated carbocycles. The summed E-state index contributed by atoms with van der Waals surface area (Å²) in [5.41, 5.74) is 0.646. The SMILES string of the molecule is CCCCn1c(SCC(=O)N(C)Cc2cccs2)nc2ccccc2c1=O. The minimum absolute atomic E-state index is 0.0258. The molecule has 0 unspecified atom stereocenters. The number of para-hydroxylation sites is 1. The van der Waals surface area contributed by atoms with E-state index in [1.54, 1.807) is 27.9 Å². The highest BCUT2D eigenvalue weighted by Gasteiger charge is 2.15. The second-order valence-electron chi connectivity index (χ2n) is 6.34. The number of hydrogen-bond donors (Lipinski definition) is 0. The van der Waals surface area contributed by atoms with Gasteiger partial charge in [0, 0.05) is 18.5 Å².